The van der Waals surface area contributed by atoms with Crippen molar-refractivity contribution in [3.05, 3.63) is 21.9 Å². The molecule has 0 aliphatic carbocycles. The van der Waals surface area contributed by atoms with E-state index >= 15 is 0 Å². The van der Waals surface area contributed by atoms with Crippen molar-refractivity contribution in [2.24, 2.45) is 4.99 Å². The monoisotopic (exact) mass is 424 g/mol. The molecule has 0 amide bonds. The van der Waals surface area contributed by atoms with Crippen LogP contribution in [0.1, 0.15) is 37.4 Å². The lowest BCUT2D eigenvalue weighted by atomic mass is 10.1. The van der Waals surface area contributed by atoms with Gasteiger partial charge in [-0.3, -0.25) is 4.99 Å². The molecule has 1 heterocycles. The highest BCUT2D eigenvalue weighted by molar-refractivity contribution is 14.0. The topological polar surface area (TPSA) is 48.5 Å². The van der Waals surface area contributed by atoms with E-state index in [1.165, 1.54) is 9.75 Å². The number of nitrogens with one attached hydrogen (secondary N) is 3. The number of hydrogen-bond donors (Lipinski definition) is 3. The molecule has 0 aliphatic heterocycles. The second kappa shape index (κ2) is 10.4. The normalized spacial score (nSPS) is 12.0. The van der Waals surface area contributed by atoms with Crippen LogP contribution in [0.2, 0.25) is 0 Å². The Bertz CT molecular complexity index is 424. The maximum absolute atomic E-state index is 4.24. The highest BCUT2D eigenvalue weighted by Gasteiger charge is 2.07. The number of aryl methyl sites for hydroxylation is 1. The van der Waals surface area contributed by atoms with Crippen LogP contribution >= 0.6 is 35.3 Å². The van der Waals surface area contributed by atoms with E-state index in [4.69, 9.17) is 0 Å². The van der Waals surface area contributed by atoms with Crippen molar-refractivity contribution in [3.8, 4) is 0 Å². The third-order valence-electron chi connectivity index (χ3n) is 2.79. The van der Waals surface area contributed by atoms with Crippen LogP contribution in [0, 0.1) is 0 Å². The maximum Gasteiger partial charge on any atom is 0.191 e. The van der Waals surface area contributed by atoms with Gasteiger partial charge < -0.3 is 16.0 Å². The number of nitrogens with zero attached hydrogens (tertiary/aromatic N) is 1. The summed E-state index contributed by atoms with van der Waals surface area (Å²) in [7, 11) is 1.80. The van der Waals surface area contributed by atoms with Crippen molar-refractivity contribution in [3.63, 3.8) is 0 Å². The Balaban J connectivity index is 0.00000400. The number of thiophene rings is 1. The zero-order chi connectivity index (χ0) is 15.0. The third-order valence-corrected chi connectivity index (χ3v) is 4.02. The lowest BCUT2D eigenvalue weighted by Crippen LogP contribution is -2.44. The van der Waals surface area contributed by atoms with E-state index in [0.717, 1.165) is 32.0 Å². The molecule has 0 spiro atoms. The van der Waals surface area contributed by atoms with Gasteiger partial charge in [-0.1, -0.05) is 6.92 Å². The van der Waals surface area contributed by atoms with Gasteiger partial charge >= 0.3 is 0 Å². The van der Waals surface area contributed by atoms with E-state index < -0.39 is 0 Å². The van der Waals surface area contributed by atoms with Crippen LogP contribution in [-0.4, -0.2) is 31.6 Å². The molecule has 0 atom stereocenters. The quantitative estimate of drug-likeness (QED) is 0.285. The Kier molecular flexibility index (Phi) is 10.2. The van der Waals surface area contributed by atoms with Gasteiger partial charge in [0.25, 0.3) is 0 Å². The summed E-state index contributed by atoms with van der Waals surface area (Å²) in [6.07, 6.45) is 1.11. The van der Waals surface area contributed by atoms with E-state index in [-0.39, 0.29) is 29.5 Å². The molecule has 0 saturated carbocycles. The molecule has 6 heteroatoms. The molecule has 0 aromatic carbocycles. The van der Waals surface area contributed by atoms with Crippen molar-refractivity contribution in [2.45, 2.75) is 46.2 Å². The third kappa shape index (κ3) is 9.31. The first kappa shape index (κ1) is 20.7. The molecule has 122 valence electrons. The highest BCUT2D eigenvalue weighted by Crippen LogP contribution is 2.16. The van der Waals surface area contributed by atoms with Gasteiger partial charge in [-0.15, -0.1) is 35.3 Å². The summed E-state index contributed by atoms with van der Waals surface area (Å²) in [5.74, 6) is 0.854. The molecule has 0 bridgehead atoms. The minimum Gasteiger partial charge on any atom is -0.355 e. The molecule has 0 aliphatic rings. The number of halogens is 1. The molecule has 1 aromatic heterocycles. The van der Waals surface area contributed by atoms with E-state index in [1.807, 2.05) is 11.3 Å². The predicted molar refractivity (Wildman–Crippen MR) is 105 cm³/mol. The minimum absolute atomic E-state index is 0. The maximum atomic E-state index is 4.24. The first-order chi connectivity index (χ1) is 9.44. The highest BCUT2D eigenvalue weighted by atomic mass is 127. The molecule has 1 rings (SSSR count). The molecular weight excluding hydrogens is 395 g/mol. The van der Waals surface area contributed by atoms with Crippen LogP contribution in [0.5, 0.6) is 0 Å². The van der Waals surface area contributed by atoms with E-state index in [9.17, 15) is 0 Å². The SMILES string of the molecule is CCc1ccc(CNC(=NC)NCCNC(C)(C)C)s1.I. The van der Waals surface area contributed by atoms with Gasteiger partial charge in [0.15, 0.2) is 5.96 Å². The zero-order valence-electron chi connectivity index (χ0n) is 13.7. The van der Waals surface area contributed by atoms with Crippen LogP contribution in [0.15, 0.2) is 17.1 Å². The lowest BCUT2D eigenvalue weighted by molar-refractivity contribution is 0.428. The fourth-order valence-electron chi connectivity index (χ4n) is 1.72. The van der Waals surface area contributed by atoms with Gasteiger partial charge in [0, 0.05) is 35.4 Å². The molecule has 1 aromatic rings. The minimum atomic E-state index is 0. The van der Waals surface area contributed by atoms with Gasteiger partial charge in [-0.05, 0) is 39.3 Å². The average molecular weight is 424 g/mol. The molecule has 0 fully saturated rings. The summed E-state index contributed by atoms with van der Waals surface area (Å²) >= 11 is 1.86. The second-order valence-corrected chi connectivity index (χ2v) is 7.00. The van der Waals surface area contributed by atoms with Gasteiger partial charge in [-0.25, -0.2) is 0 Å². The molecule has 0 unspecified atom stereocenters. The zero-order valence-corrected chi connectivity index (χ0v) is 16.9. The Hall–Kier alpha value is -0.340. The molecule has 0 saturated heterocycles. The van der Waals surface area contributed by atoms with Gasteiger partial charge in [0.1, 0.15) is 0 Å². The summed E-state index contributed by atoms with van der Waals surface area (Å²) in [5, 5.41) is 10.1. The number of aliphatic imine (C=N–C) groups is 1. The summed E-state index contributed by atoms with van der Waals surface area (Å²) in [5.41, 5.74) is 0.159. The van der Waals surface area contributed by atoms with Gasteiger partial charge in [0.05, 0.1) is 6.54 Å². The van der Waals surface area contributed by atoms with Crippen molar-refractivity contribution >= 4 is 41.3 Å². The van der Waals surface area contributed by atoms with E-state index in [0.29, 0.717) is 0 Å². The molecular formula is C15H29IN4S. The smallest absolute Gasteiger partial charge is 0.191 e. The van der Waals surface area contributed by atoms with Crippen LogP contribution in [0.3, 0.4) is 0 Å². The predicted octanol–water partition coefficient (Wildman–Crippen LogP) is 2.98. The molecule has 21 heavy (non-hydrogen) atoms. The van der Waals surface area contributed by atoms with Gasteiger partial charge in [0.2, 0.25) is 0 Å². The Labute approximate surface area is 150 Å². The van der Waals surface area contributed by atoms with Crippen molar-refractivity contribution in [2.75, 3.05) is 20.1 Å². The van der Waals surface area contributed by atoms with Crippen LogP contribution in [0.4, 0.5) is 0 Å². The largest absolute Gasteiger partial charge is 0.355 e. The first-order valence-electron chi connectivity index (χ1n) is 7.21. The summed E-state index contributed by atoms with van der Waals surface area (Å²) in [6.45, 7) is 11.3. The van der Waals surface area contributed by atoms with Crippen LogP contribution in [0.25, 0.3) is 0 Å². The second-order valence-electron chi connectivity index (χ2n) is 5.75. The van der Waals surface area contributed by atoms with Crippen molar-refractivity contribution in [1.29, 1.82) is 0 Å². The molecule has 3 N–H and O–H groups in total. The Morgan fingerprint density at radius 3 is 2.33 bits per heavy atom. The molecule has 4 nitrogen and oxygen atoms in total. The van der Waals surface area contributed by atoms with Crippen LogP contribution < -0.4 is 16.0 Å². The first-order valence-corrected chi connectivity index (χ1v) is 8.03. The standard InChI is InChI=1S/C15H28N4S.HI/c1-6-12-7-8-13(20-12)11-18-14(16-5)17-9-10-19-15(2,3)4;/h7-8,19H,6,9-11H2,1-5H3,(H2,16,17,18);1H. The number of rotatable bonds is 6. The Morgan fingerprint density at radius 1 is 1.14 bits per heavy atom. The summed E-state index contributed by atoms with van der Waals surface area (Å²) in [4.78, 5) is 7.01. The average Bonchev–Trinajstić information content (AvgIpc) is 2.84. The van der Waals surface area contributed by atoms with Crippen LogP contribution in [-0.2, 0) is 13.0 Å². The summed E-state index contributed by atoms with van der Waals surface area (Å²) in [6, 6.07) is 4.38. The van der Waals surface area contributed by atoms with Crippen molar-refractivity contribution in [1.82, 2.24) is 16.0 Å². The van der Waals surface area contributed by atoms with E-state index in [2.05, 4.69) is 60.8 Å². The van der Waals surface area contributed by atoms with Gasteiger partial charge in [-0.2, -0.15) is 0 Å². The van der Waals surface area contributed by atoms with E-state index in [1.54, 1.807) is 7.05 Å². The molecule has 0 radical (unpaired) electrons. The fourth-order valence-corrected chi connectivity index (χ4v) is 2.61. The Morgan fingerprint density at radius 2 is 1.81 bits per heavy atom. The van der Waals surface area contributed by atoms with Crippen molar-refractivity contribution < 1.29 is 0 Å². The number of hydrogen-bond acceptors (Lipinski definition) is 3. The lowest BCUT2D eigenvalue weighted by Gasteiger charge is -2.21. The fraction of sp³-hybridized carbons (Fsp3) is 0.667. The summed E-state index contributed by atoms with van der Waals surface area (Å²) < 4.78 is 0. The number of guanidine groups is 1.